The van der Waals surface area contributed by atoms with Crippen molar-refractivity contribution in [3.05, 3.63) is 23.8 Å². The number of sulfone groups is 1. The molecule has 0 saturated carbocycles. The van der Waals surface area contributed by atoms with Gasteiger partial charge in [0.15, 0.2) is 9.84 Å². The first kappa shape index (κ1) is 13.0. The van der Waals surface area contributed by atoms with Crippen molar-refractivity contribution in [2.24, 2.45) is 5.73 Å². The Labute approximate surface area is 94.8 Å². The molecule has 0 bridgehead atoms. The maximum absolute atomic E-state index is 11.3. The van der Waals surface area contributed by atoms with E-state index in [1.807, 2.05) is 0 Å². The fraction of sp³-hybridized carbons (Fsp3) is 0.400. The van der Waals surface area contributed by atoms with Gasteiger partial charge in [-0.15, -0.1) is 0 Å². The first-order chi connectivity index (χ1) is 7.40. The van der Waals surface area contributed by atoms with Crippen molar-refractivity contribution in [3.63, 3.8) is 0 Å². The molecule has 0 amide bonds. The highest BCUT2D eigenvalue weighted by Gasteiger charge is 2.15. The Balaban J connectivity index is 3.27. The van der Waals surface area contributed by atoms with Gasteiger partial charge in [0.05, 0.1) is 18.1 Å². The molecule has 5 nitrogen and oxygen atoms in total. The quantitative estimate of drug-likeness (QED) is 0.784. The van der Waals surface area contributed by atoms with E-state index in [1.165, 1.54) is 25.3 Å². The lowest BCUT2D eigenvalue weighted by Crippen LogP contribution is -2.13. The predicted octanol–water partition coefficient (Wildman–Crippen LogP) is 0.0908. The lowest BCUT2D eigenvalue weighted by molar-refractivity contribution is 0.182. The molecule has 0 aliphatic carbocycles. The molecule has 0 fully saturated rings. The maximum Gasteiger partial charge on any atom is 0.175 e. The fourth-order valence-corrected chi connectivity index (χ4v) is 1.96. The number of benzene rings is 1. The Morgan fingerprint density at radius 3 is 2.56 bits per heavy atom. The Morgan fingerprint density at radius 2 is 2.12 bits per heavy atom. The SMILES string of the molecule is COc1cc(S(C)(=O)=O)ccc1C(O)CN. The molecule has 0 radical (unpaired) electrons. The van der Waals surface area contributed by atoms with Gasteiger partial charge in [0.25, 0.3) is 0 Å². The van der Waals surface area contributed by atoms with Gasteiger partial charge in [0.2, 0.25) is 0 Å². The highest BCUT2D eigenvalue weighted by molar-refractivity contribution is 7.90. The van der Waals surface area contributed by atoms with E-state index in [9.17, 15) is 13.5 Å². The van der Waals surface area contributed by atoms with Crippen LogP contribution in [0.5, 0.6) is 5.75 Å². The van der Waals surface area contributed by atoms with Crippen LogP contribution in [0.15, 0.2) is 23.1 Å². The average molecular weight is 245 g/mol. The van der Waals surface area contributed by atoms with Crippen molar-refractivity contribution in [1.29, 1.82) is 0 Å². The normalized spacial score (nSPS) is 13.5. The summed E-state index contributed by atoms with van der Waals surface area (Å²) in [5.74, 6) is 0.320. The van der Waals surface area contributed by atoms with Crippen LogP contribution >= 0.6 is 0 Å². The fourth-order valence-electron chi connectivity index (χ4n) is 1.32. The zero-order chi connectivity index (χ0) is 12.3. The van der Waals surface area contributed by atoms with Gasteiger partial charge in [-0.05, 0) is 12.1 Å². The van der Waals surface area contributed by atoms with Gasteiger partial charge >= 0.3 is 0 Å². The zero-order valence-electron chi connectivity index (χ0n) is 9.17. The summed E-state index contributed by atoms with van der Waals surface area (Å²) in [4.78, 5) is 0.150. The van der Waals surface area contributed by atoms with E-state index in [4.69, 9.17) is 10.5 Å². The highest BCUT2D eigenvalue weighted by atomic mass is 32.2. The number of aliphatic hydroxyl groups is 1. The molecule has 0 heterocycles. The topological polar surface area (TPSA) is 89.6 Å². The number of hydrogen-bond acceptors (Lipinski definition) is 5. The minimum atomic E-state index is -3.28. The molecular weight excluding hydrogens is 230 g/mol. The van der Waals surface area contributed by atoms with Gasteiger partial charge in [-0.25, -0.2) is 8.42 Å². The van der Waals surface area contributed by atoms with Crippen LogP contribution in [0.3, 0.4) is 0 Å². The first-order valence-corrected chi connectivity index (χ1v) is 6.55. The standard InChI is InChI=1S/C10H15NO4S/c1-15-10-5-7(16(2,13)14)3-4-8(10)9(12)6-11/h3-5,9,12H,6,11H2,1-2H3. The molecule has 0 aromatic heterocycles. The average Bonchev–Trinajstić information content (AvgIpc) is 2.26. The van der Waals surface area contributed by atoms with Crippen LogP contribution in [0, 0.1) is 0 Å². The van der Waals surface area contributed by atoms with E-state index in [1.54, 1.807) is 0 Å². The number of rotatable bonds is 4. The zero-order valence-corrected chi connectivity index (χ0v) is 9.99. The van der Waals surface area contributed by atoms with Crippen LogP contribution < -0.4 is 10.5 Å². The second-order valence-electron chi connectivity index (χ2n) is 3.43. The Morgan fingerprint density at radius 1 is 1.50 bits per heavy atom. The Hall–Kier alpha value is -1.11. The molecule has 3 N–H and O–H groups in total. The van der Waals surface area contributed by atoms with Crippen molar-refractivity contribution in [1.82, 2.24) is 0 Å². The van der Waals surface area contributed by atoms with Crippen LogP contribution in [0.1, 0.15) is 11.7 Å². The summed E-state index contributed by atoms with van der Waals surface area (Å²) in [6, 6.07) is 4.31. The summed E-state index contributed by atoms with van der Waals surface area (Å²) in [5.41, 5.74) is 5.81. The van der Waals surface area contributed by atoms with Gasteiger partial charge in [0.1, 0.15) is 5.75 Å². The van der Waals surface area contributed by atoms with E-state index in [2.05, 4.69) is 0 Å². The lowest BCUT2D eigenvalue weighted by Gasteiger charge is -2.13. The maximum atomic E-state index is 11.3. The molecule has 0 aliphatic rings. The molecule has 1 aromatic rings. The number of nitrogens with two attached hydrogens (primary N) is 1. The van der Waals surface area contributed by atoms with Crippen LogP contribution in [-0.2, 0) is 9.84 Å². The van der Waals surface area contributed by atoms with E-state index >= 15 is 0 Å². The van der Waals surface area contributed by atoms with Gasteiger partial charge in [-0.2, -0.15) is 0 Å². The third kappa shape index (κ3) is 2.72. The van der Waals surface area contributed by atoms with E-state index in [0.29, 0.717) is 11.3 Å². The number of methoxy groups -OCH3 is 1. The van der Waals surface area contributed by atoms with Crippen LogP contribution in [0.4, 0.5) is 0 Å². The van der Waals surface area contributed by atoms with Crippen molar-refractivity contribution < 1.29 is 18.3 Å². The van der Waals surface area contributed by atoms with Gasteiger partial charge in [-0.1, -0.05) is 6.07 Å². The largest absolute Gasteiger partial charge is 0.496 e. The molecule has 1 atom stereocenters. The summed E-state index contributed by atoms with van der Waals surface area (Å²) >= 11 is 0. The Kier molecular flexibility index (Phi) is 3.90. The Bertz CT molecular complexity index is 470. The van der Waals surface area contributed by atoms with E-state index in [0.717, 1.165) is 6.26 Å². The van der Waals surface area contributed by atoms with Crippen molar-refractivity contribution in [3.8, 4) is 5.75 Å². The van der Waals surface area contributed by atoms with E-state index < -0.39 is 15.9 Å². The molecule has 90 valence electrons. The monoisotopic (exact) mass is 245 g/mol. The predicted molar refractivity (Wildman–Crippen MR) is 60.1 cm³/mol. The van der Waals surface area contributed by atoms with Crippen LogP contribution in [-0.4, -0.2) is 33.4 Å². The van der Waals surface area contributed by atoms with Crippen molar-refractivity contribution in [2.75, 3.05) is 19.9 Å². The smallest absolute Gasteiger partial charge is 0.175 e. The second-order valence-corrected chi connectivity index (χ2v) is 5.44. The molecule has 0 spiro atoms. The van der Waals surface area contributed by atoms with Crippen molar-refractivity contribution >= 4 is 9.84 Å². The van der Waals surface area contributed by atoms with Crippen molar-refractivity contribution in [2.45, 2.75) is 11.0 Å². The van der Waals surface area contributed by atoms with E-state index in [-0.39, 0.29) is 11.4 Å². The molecule has 1 rings (SSSR count). The second kappa shape index (κ2) is 4.82. The van der Waals surface area contributed by atoms with Crippen LogP contribution in [0.2, 0.25) is 0 Å². The highest BCUT2D eigenvalue weighted by Crippen LogP contribution is 2.27. The van der Waals surface area contributed by atoms with Crippen LogP contribution in [0.25, 0.3) is 0 Å². The molecule has 1 unspecified atom stereocenters. The number of hydrogen-bond donors (Lipinski definition) is 2. The van der Waals surface area contributed by atoms with Gasteiger partial charge in [-0.3, -0.25) is 0 Å². The third-order valence-electron chi connectivity index (χ3n) is 2.22. The van der Waals surface area contributed by atoms with Gasteiger partial charge in [0, 0.05) is 18.4 Å². The third-order valence-corrected chi connectivity index (χ3v) is 3.33. The summed E-state index contributed by atoms with van der Waals surface area (Å²) in [5, 5.41) is 9.58. The number of ether oxygens (including phenoxy) is 1. The minimum Gasteiger partial charge on any atom is -0.496 e. The first-order valence-electron chi connectivity index (χ1n) is 4.66. The summed E-state index contributed by atoms with van der Waals surface area (Å²) < 4.78 is 27.6. The minimum absolute atomic E-state index is 0.0502. The molecule has 6 heteroatoms. The molecule has 0 saturated heterocycles. The van der Waals surface area contributed by atoms with Gasteiger partial charge < -0.3 is 15.6 Å². The molecule has 16 heavy (non-hydrogen) atoms. The summed E-state index contributed by atoms with van der Waals surface area (Å²) in [7, 11) is -1.87. The molecule has 1 aromatic carbocycles. The number of aliphatic hydroxyl groups excluding tert-OH is 1. The lowest BCUT2D eigenvalue weighted by atomic mass is 10.1. The summed E-state index contributed by atoms with van der Waals surface area (Å²) in [6.07, 6.45) is 0.254. The summed E-state index contributed by atoms with van der Waals surface area (Å²) in [6.45, 7) is 0.0502. The molecule has 0 aliphatic heterocycles. The molecular formula is C10H15NO4S.